The normalized spacial score (nSPS) is 11.8. The topological polar surface area (TPSA) is 51.7 Å². The zero-order valence-corrected chi connectivity index (χ0v) is 20.6. The standard InChI is InChI=1S/C26H32N2O3S/c1-7-19(4)28(26(29)21-9-8-10-23(13-21)30-6)14-22-16-32-25(27-22)15-31-24-12-17(2)11-18(3)20(24)5/h8-13,16,19H,7,14-15H2,1-6H3. The van der Waals surface area contributed by atoms with Gasteiger partial charge in [-0.3, -0.25) is 4.79 Å². The Morgan fingerprint density at radius 2 is 1.97 bits per heavy atom. The Bertz CT molecular complexity index is 1080. The summed E-state index contributed by atoms with van der Waals surface area (Å²) in [5, 5.41) is 2.91. The molecule has 3 aromatic rings. The molecule has 0 radical (unpaired) electrons. The lowest BCUT2D eigenvalue weighted by molar-refractivity contribution is 0.0668. The summed E-state index contributed by atoms with van der Waals surface area (Å²) in [5.41, 5.74) is 5.05. The van der Waals surface area contributed by atoms with Crippen molar-refractivity contribution >= 4 is 17.2 Å². The number of aromatic nitrogens is 1. The Kier molecular flexibility index (Phi) is 7.91. The smallest absolute Gasteiger partial charge is 0.254 e. The zero-order valence-electron chi connectivity index (χ0n) is 19.8. The van der Waals surface area contributed by atoms with Gasteiger partial charge in [0.2, 0.25) is 0 Å². The number of thiazole rings is 1. The Labute approximate surface area is 195 Å². The highest BCUT2D eigenvalue weighted by atomic mass is 32.1. The van der Waals surface area contributed by atoms with Crippen molar-refractivity contribution in [1.82, 2.24) is 9.88 Å². The molecule has 6 heteroatoms. The van der Waals surface area contributed by atoms with Gasteiger partial charge in [-0.1, -0.05) is 19.1 Å². The molecule has 1 aromatic heterocycles. The second kappa shape index (κ2) is 10.6. The van der Waals surface area contributed by atoms with E-state index >= 15 is 0 Å². The van der Waals surface area contributed by atoms with Crippen molar-refractivity contribution in [3.05, 3.63) is 74.7 Å². The highest BCUT2D eigenvalue weighted by Crippen LogP contribution is 2.25. The number of methoxy groups -OCH3 is 1. The number of aryl methyl sites for hydroxylation is 2. The SMILES string of the molecule is CCC(C)N(Cc1csc(COc2cc(C)cc(C)c2C)n1)C(=O)c1cccc(OC)c1. The molecule has 3 rings (SSSR count). The fourth-order valence-corrected chi connectivity index (χ4v) is 4.22. The minimum atomic E-state index is -0.0186. The highest BCUT2D eigenvalue weighted by Gasteiger charge is 2.22. The van der Waals surface area contributed by atoms with Gasteiger partial charge in [0.15, 0.2) is 0 Å². The maximum Gasteiger partial charge on any atom is 0.254 e. The van der Waals surface area contributed by atoms with Crippen molar-refractivity contribution in [2.24, 2.45) is 0 Å². The molecule has 0 fully saturated rings. The van der Waals surface area contributed by atoms with Crippen LogP contribution in [0.5, 0.6) is 11.5 Å². The molecule has 0 spiro atoms. The molecule has 0 bridgehead atoms. The predicted molar refractivity (Wildman–Crippen MR) is 130 cm³/mol. The third-order valence-corrected chi connectivity index (χ3v) is 6.62. The van der Waals surface area contributed by atoms with Crippen LogP contribution in [0.2, 0.25) is 0 Å². The highest BCUT2D eigenvalue weighted by molar-refractivity contribution is 7.09. The quantitative estimate of drug-likeness (QED) is 0.394. The van der Waals surface area contributed by atoms with Gasteiger partial charge in [-0.15, -0.1) is 11.3 Å². The average molecular weight is 453 g/mol. The Hall–Kier alpha value is -2.86. The van der Waals surface area contributed by atoms with E-state index in [1.54, 1.807) is 24.5 Å². The van der Waals surface area contributed by atoms with E-state index in [0.29, 0.717) is 24.5 Å². The van der Waals surface area contributed by atoms with E-state index in [0.717, 1.165) is 28.4 Å². The first kappa shape index (κ1) is 23.8. The minimum absolute atomic E-state index is 0.0186. The maximum atomic E-state index is 13.3. The van der Waals surface area contributed by atoms with Crippen molar-refractivity contribution in [3.8, 4) is 11.5 Å². The molecule has 1 heterocycles. The number of rotatable bonds is 9. The first-order valence-electron chi connectivity index (χ1n) is 10.9. The van der Waals surface area contributed by atoms with Crippen LogP contribution >= 0.6 is 11.3 Å². The van der Waals surface area contributed by atoms with Crippen molar-refractivity contribution < 1.29 is 14.3 Å². The Morgan fingerprint density at radius 1 is 1.19 bits per heavy atom. The molecule has 0 saturated heterocycles. The van der Waals surface area contributed by atoms with Gasteiger partial charge in [0.25, 0.3) is 5.91 Å². The van der Waals surface area contributed by atoms with E-state index in [1.807, 2.05) is 28.5 Å². The molecule has 1 unspecified atom stereocenters. The lowest BCUT2D eigenvalue weighted by Crippen LogP contribution is -2.37. The number of nitrogens with zero attached hydrogens (tertiary/aromatic N) is 2. The van der Waals surface area contributed by atoms with Gasteiger partial charge in [-0.25, -0.2) is 4.98 Å². The molecule has 1 atom stereocenters. The van der Waals surface area contributed by atoms with Crippen LogP contribution in [-0.2, 0) is 13.2 Å². The van der Waals surface area contributed by atoms with E-state index in [-0.39, 0.29) is 11.9 Å². The number of hydrogen-bond donors (Lipinski definition) is 0. The van der Waals surface area contributed by atoms with Gasteiger partial charge in [-0.2, -0.15) is 0 Å². The number of amides is 1. The monoisotopic (exact) mass is 452 g/mol. The second-order valence-electron chi connectivity index (χ2n) is 8.15. The Balaban J connectivity index is 1.72. The molecule has 0 aliphatic carbocycles. The van der Waals surface area contributed by atoms with E-state index in [4.69, 9.17) is 14.5 Å². The summed E-state index contributed by atoms with van der Waals surface area (Å²) in [6, 6.07) is 11.6. The summed E-state index contributed by atoms with van der Waals surface area (Å²) in [5.74, 6) is 1.55. The largest absolute Gasteiger partial charge is 0.497 e. The second-order valence-corrected chi connectivity index (χ2v) is 9.09. The first-order chi connectivity index (χ1) is 15.3. The summed E-state index contributed by atoms with van der Waals surface area (Å²) < 4.78 is 11.4. The van der Waals surface area contributed by atoms with Gasteiger partial charge < -0.3 is 14.4 Å². The van der Waals surface area contributed by atoms with Gasteiger partial charge >= 0.3 is 0 Å². The van der Waals surface area contributed by atoms with E-state index in [2.05, 4.69) is 46.8 Å². The molecule has 0 saturated carbocycles. The molecule has 32 heavy (non-hydrogen) atoms. The molecule has 170 valence electrons. The van der Waals surface area contributed by atoms with Gasteiger partial charge in [0.1, 0.15) is 23.1 Å². The zero-order chi connectivity index (χ0) is 23.3. The van der Waals surface area contributed by atoms with Gasteiger partial charge in [-0.05, 0) is 75.1 Å². The van der Waals surface area contributed by atoms with Crippen LogP contribution in [0.15, 0.2) is 41.8 Å². The van der Waals surface area contributed by atoms with Crippen molar-refractivity contribution in [3.63, 3.8) is 0 Å². The van der Waals surface area contributed by atoms with E-state index < -0.39 is 0 Å². The number of benzene rings is 2. The lowest BCUT2D eigenvalue weighted by atomic mass is 10.1. The Morgan fingerprint density at radius 3 is 2.69 bits per heavy atom. The number of carbonyl (C=O) groups excluding carboxylic acids is 1. The fraction of sp³-hybridized carbons (Fsp3) is 0.385. The van der Waals surface area contributed by atoms with E-state index in [9.17, 15) is 4.79 Å². The van der Waals surface area contributed by atoms with Crippen LogP contribution < -0.4 is 9.47 Å². The van der Waals surface area contributed by atoms with E-state index in [1.165, 1.54) is 11.1 Å². The van der Waals surface area contributed by atoms with Crippen LogP contribution in [0, 0.1) is 20.8 Å². The molecule has 2 aromatic carbocycles. The maximum absolute atomic E-state index is 13.3. The summed E-state index contributed by atoms with van der Waals surface area (Å²) in [7, 11) is 1.61. The summed E-state index contributed by atoms with van der Waals surface area (Å²) >= 11 is 1.56. The lowest BCUT2D eigenvalue weighted by Gasteiger charge is -2.28. The van der Waals surface area contributed by atoms with Crippen LogP contribution in [0.3, 0.4) is 0 Å². The molecule has 0 aliphatic heterocycles. The number of carbonyl (C=O) groups is 1. The van der Waals surface area contributed by atoms with Crippen molar-refractivity contribution in [1.29, 1.82) is 0 Å². The van der Waals surface area contributed by atoms with Gasteiger partial charge in [0.05, 0.1) is 19.3 Å². The number of hydrogen-bond acceptors (Lipinski definition) is 5. The average Bonchev–Trinajstić information content (AvgIpc) is 3.25. The van der Waals surface area contributed by atoms with Gasteiger partial charge in [0, 0.05) is 17.0 Å². The molecule has 0 N–H and O–H groups in total. The number of ether oxygens (including phenoxy) is 2. The van der Waals surface area contributed by atoms with Crippen LogP contribution in [-0.4, -0.2) is 28.9 Å². The molecular formula is C26H32N2O3S. The first-order valence-corrected chi connectivity index (χ1v) is 11.8. The summed E-state index contributed by atoms with van der Waals surface area (Å²) in [6.45, 7) is 11.3. The fourth-order valence-electron chi connectivity index (χ4n) is 3.52. The molecular weight excluding hydrogens is 420 g/mol. The molecule has 1 amide bonds. The summed E-state index contributed by atoms with van der Waals surface area (Å²) in [4.78, 5) is 19.9. The summed E-state index contributed by atoms with van der Waals surface area (Å²) in [6.07, 6.45) is 0.863. The predicted octanol–water partition coefficient (Wildman–Crippen LogP) is 6.10. The third-order valence-electron chi connectivity index (χ3n) is 5.75. The molecule has 5 nitrogen and oxygen atoms in total. The molecule has 0 aliphatic rings. The van der Waals surface area contributed by atoms with Crippen LogP contribution in [0.25, 0.3) is 0 Å². The van der Waals surface area contributed by atoms with Crippen LogP contribution in [0.4, 0.5) is 0 Å². The van der Waals surface area contributed by atoms with Crippen molar-refractivity contribution in [2.75, 3.05) is 7.11 Å². The minimum Gasteiger partial charge on any atom is -0.497 e. The third kappa shape index (κ3) is 5.68. The van der Waals surface area contributed by atoms with Crippen LogP contribution in [0.1, 0.15) is 58.0 Å². The van der Waals surface area contributed by atoms with Crippen molar-refractivity contribution in [2.45, 2.75) is 60.2 Å².